The Morgan fingerprint density at radius 2 is 1.58 bits per heavy atom. The van der Waals surface area contributed by atoms with Gasteiger partial charge >= 0.3 is 24.4 Å². The van der Waals surface area contributed by atoms with Crippen molar-refractivity contribution in [3.8, 4) is 0 Å². The molecule has 1 aromatic rings. The van der Waals surface area contributed by atoms with Crippen LogP contribution in [0.25, 0.3) is 0 Å². The molecular formula is C22H24F6N2O3. The minimum atomic E-state index is -5.06. The van der Waals surface area contributed by atoms with Gasteiger partial charge in [-0.05, 0) is 48.9 Å². The van der Waals surface area contributed by atoms with Crippen LogP contribution in [0.5, 0.6) is 0 Å². The summed E-state index contributed by atoms with van der Waals surface area (Å²) in [6, 6.07) is -1.36. The fourth-order valence-corrected chi connectivity index (χ4v) is 4.16. The first-order valence-corrected chi connectivity index (χ1v) is 10.7. The van der Waals surface area contributed by atoms with Gasteiger partial charge in [0.2, 0.25) is 0 Å². The van der Waals surface area contributed by atoms with Gasteiger partial charge < -0.3 is 15.4 Å². The Morgan fingerprint density at radius 1 is 1.00 bits per heavy atom. The number of esters is 1. The summed E-state index contributed by atoms with van der Waals surface area (Å²) < 4.78 is 85.4. The normalized spacial score (nSPS) is 20.3. The van der Waals surface area contributed by atoms with Crippen molar-refractivity contribution >= 4 is 12.0 Å². The van der Waals surface area contributed by atoms with E-state index in [4.69, 9.17) is 4.74 Å². The molecule has 182 valence electrons. The number of urea groups is 1. The van der Waals surface area contributed by atoms with Crippen LogP contribution >= 0.6 is 0 Å². The molecule has 1 atom stereocenters. The average Bonchev–Trinajstić information content (AvgIpc) is 2.76. The molecule has 1 aliphatic carbocycles. The number of rotatable bonds is 5. The number of alkyl halides is 6. The lowest BCUT2D eigenvalue weighted by atomic mass is 9.89. The van der Waals surface area contributed by atoms with Crippen LogP contribution < -0.4 is 10.6 Å². The van der Waals surface area contributed by atoms with E-state index in [-0.39, 0.29) is 36.3 Å². The summed E-state index contributed by atoms with van der Waals surface area (Å²) in [5.74, 6) is -0.746. The van der Waals surface area contributed by atoms with Gasteiger partial charge in [0.1, 0.15) is 0 Å². The van der Waals surface area contributed by atoms with Crippen molar-refractivity contribution in [3.05, 3.63) is 46.2 Å². The quantitative estimate of drug-likeness (QED) is 0.411. The van der Waals surface area contributed by atoms with E-state index in [2.05, 4.69) is 10.6 Å². The summed E-state index contributed by atoms with van der Waals surface area (Å²) in [7, 11) is 0. The molecule has 1 fully saturated rings. The van der Waals surface area contributed by atoms with Gasteiger partial charge in [-0.1, -0.05) is 26.2 Å². The summed E-state index contributed by atoms with van der Waals surface area (Å²) >= 11 is 0. The first kappa shape index (κ1) is 24.9. The Morgan fingerprint density at radius 3 is 2.09 bits per heavy atom. The predicted octanol–water partition coefficient (Wildman–Crippen LogP) is 5.87. The second-order valence-electron chi connectivity index (χ2n) is 8.22. The van der Waals surface area contributed by atoms with E-state index < -0.39 is 47.1 Å². The van der Waals surface area contributed by atoms with Crippen molar-refractivity contribution in [2.45, 2.75) is 63.8 Å². The number of nitrogens with one attached hydrogen (secondary N) is 2. The molecule has 2 aliphatic rings. The number of carbonyl (C=O) groups excluding carboxylic acids is 2. The molecule has 3 rings (SSSR count). The zero-order chi connectivity index (χ0) is 24.4. The van der Waals surface area contributed by atoms with Crippen molar-refractivity contribution in [1.82, 2.24) is 10.6 Å². The van der Waals surface area contributed by atoms with Crippen molar-refractivity contribution in [1.29, 1.82) is 0 Å². The van der Waals surface area contributed by atoms with Gasteiger partial charge in [-0.2, -0.15) is 26.3 Å². The van der Waals surface area contributed by atoms with Crippen LogP contribution in [0.4, 0.5) is 31.1 Å². The van der Waals surface area contributed by atoms with E-state index in [1.165, 1.54) is 0 Å². The number of hydrogen-bond acceptors (Lipinski definition) is 3. The SMILES string of the molecule is CCC1=C(C(=O)OCC2CCCCC2)C(c2cc(C(F)(F)F)cc(C(F)(F)F)c2)NC(=O)N1. The fraction of sp³-hybridized carbons (Fsp3) is 0.545. The lowest BCUT2D eigenvalue weighted by Gasteiger charge is -2.30. The predicted molar refractivity (Wildman–Crippen MR) is 106 cm³/mol. The van der Waals surface area contributed by atoms with Crippen LogP contribution in [0.2, 0.25) is 0 Å². The molecule has 1 saturated carbocycles. The number of amides is 2. The van der Waals surface area contributed by atoms with E-state index in [0.29, 0.717) is 12.1 Å². The first-order chi connectivity index (χ1) is 15.4. The van der Waals surface area contributed by atoms with Crippen molar-refractivity contribution in [2.24, 2.45) is 5.92 Å². The maximum Gasteiger partial charge on any atom is 0.416 e. The standard InChI is InChI=1S/C22H24F6N2O3/c1-2-16-17(19(31)33-11-12-6-4-3-5-7-12)18(30-20(32)29-16)13-8-14(21(23,24)25)10-15(9-13)22(26,27)28/h8-10,12,18H,2-7,11H2,1H3,(H2,29,30,32). The van der Waals surface area contributed by atoms with Crippen LogP contribution in [-0.2, 0) is 21.9 Å². The molecule has 0 saturated heterocycles. The molecule has 0 bridgehead atoms. The van der Waals surface area contributed by atoms with Gasteiger partial charge in [0.15, 0.2) is 0 Å². The molecule has 33 heavy (non-hydrogen) atoms. The van der Waals surface area contributed by atoms with Gasteiger partial charge in [0, 0.05) is 5.70 Å². The van der Waals surface area contributed by atoms with E-state index >= 15 is 0 Å². The number of benzene rings is 1. The number of halogens is 6. The van der Waals surface area contributed by atoms with Crippen molar-refractivity contribution in [3.63, 3.8) is 0 Å². The monoisotopic (exact) mass is 478 g/mol. The molecule has 0 aromatic heterocycles. The molecule has 1 unspecified atom stereocenters. The molecular weight excluding hydrogens is 454 g/mol. The summed E-state index contributed by atoms with van der Waals surface area (Å²) in [5.41, 5.74) is -3.70. The minimum absolute atomic E-state index is 0.00207. The van der Waals surface area contributed by atoms with E-state index in [0.717, 1.165) is 32.1 Å². The molecule has 5 nitrogen and oxygen atoms in total. The highest BCUT2D eigenvalue weighted by Crippen LogP contribution is 2.39. The van der Waals surface area contributed by atoms with Crippen LogP contribution in [0, 0.1) is 5.92 Å². The van der Waals surface area contributed by atoms with Gasteiger partial charge in [0.25, 0.3) is 0 Å². The molecule has 2 amide bonds. The second kappa shape index (κ2) is 9.64. The summed E-state index contributed by atoms with van der Waals surface area (Å²) in [4.78, 5) is 25.0. The van der Waals surface area contributed by atoms with Gasteiger partial charge in [-0.3, -0.25) is 0 Å². The summed E-state index contributed by atoms with van der Waals surface area (Å²) in [6.07, 6.45) is -5.20. The zero-order valence-corrected chi connectivity index (χ0v) is 17.8. The highest BCUT2D eigenvalue weighted by atomic mass is 19.4. The van der Waals surface area contributed by atoms with Gasteiger partial charge in [0.05, 0.1) is 29.3 Å². The Bertz CT molecular complexity index is 901. The molecule has 1 aromatic carbocycles. The smallest absolute Gasteiger partial charge is 0.416 e. The third-order valence-electron chi connectivity index (χ3n) is 5.85. The summed E-state index contributed by atoms with van der Waals surface area (Å²) in [6.45, 7) is 1.69. The van der Waals surface area contributed by atoms with Gasteiger partial charge in [-0.25, -0.2) is 9.59 Å². The third kappa shape index (κ3) is 6.00. The highest BCUT2D eigenvalue weighted by molar-refractivity contribution is 5.95. The molecule has 0 spiro atoms. The van der Waals surface area contributed by atoms with Gasteiger partial charge in [-0.15, -0.1) is 0 Å². The van der Waals surface area contributed by atoms with Crippen LogP contribution in [-0.4, -0.2) is 18.6 Å². The Labute approximate surface area is 186 Å². The minimum Gasteiger partial charge on any atom is -0.462 e. The van der Waals surface area contributed by atoms with Crippen molar-refractivity contribution < 1.29 is 40.7 Å². The van der Waals surface area contributed by atoms with Crippen LogP contribution in [0.15, 0.2) is 29.5 Å². The van der Waals surface area contributed by atoms with E-state index in [1.54, 1.807) is 6.92 Å². The molecule has 0 radical (unpaired) electrons. The van der Waals surface area contributed by atoms with Crippen molar-refractivity contribution in [2.75, 3.05) is 6.61 Å². The fourth-order valence-electron chi connectivity index (χ4n) is 4.16. The lowest BCUT2D eigenvalue weighted by molar-refractivity contribution is -0.143. The van der Waals surface area contributed by atoms with Crippen LogP contribution in [0.1, 0.15) is 68.2 Å². The third-order valence-corrected chi connectivity index (χ3v) is 5.85. The Balaban J connectivity index is 2.01. The van der Waals surface area contributed by atoms with E-state index in [1.807, 2.05) is 0 Å². The second-order valence-corrected chi connectivity index (χ2v) is 8.22. The number of carbonyl (C=O) groups is 2. The molecule has 1 heterocycles. The first-order valence-electron chi connectivity index (χ1n) is 10.7. The Kier molecular flexibility index (Phi) is 7.28. The summed E-state index contributed by atoms with van der Waals surface area (Å²) in [5, 5.41) is 4.69. The topological polar surface area (TPSA) is 67.4 Å². The van der Waals surface area contributed by atoms with Crippen LogP contribution in [0.3, 0.4) is 0 Å². The lowest BCUT2D eigenvalue weighted by Crippen LogP contribution is -2.46. The Hall–Kier alpha value is -2.72. The number of allylic oxidation sites excluding steroid dienone is 1. The molecule has 11 heteroatoms. The highest BCUT2D eigenvalue weighted by Gasteiger charge is 2.40. The average molecular weight is 478 g/mol. The molecule has 1 aliphatic heterocycles. The molecule has 2 N–H and O–H groups in total. The van der Waals surface area contributed by atoms with E-state index in [9.17, 15) is 35.9 Å². The zero-order valence-electron chi connectivity index (χ0n) is 17.8. The number of hydrogen-bond donors (Lipinski definition) is 2. The maximum atomic E-state index is 13.3. The largest absolute Gasteiger partial charge is 0.462 e. The number of ether oxygens (including phenoxy) is 1. The maximum absolute atomic E-state index is 13.3.